The van der Waals surface area contributed by atoms with Crippen LogP contribution in [0.1, 0.15) is 26.2 Å². The number of nitrogens with one attached hydrogen (secondary N) is 1. The van der Waals surface area contributed by atoms with Crippen molar-refractivity contribution in [1.82, 2.24) is 15.1 Å². The van der Waals surface area contributed by atoms with Crippen molar-refractivity contribution < 1.29 is 4.74 Å². The highest BCUT2D eigenvalue weighted by atomic mass is 32.1. The Labute approximate surface area is 117 Å². The first-order valence-electron chi connectivity index (χ1n) is 6.91. The molecule has 18 heavy (non-hydrogen) atoms. The fraction of sp³-hybridized carbons (Fsp3) is 0.923. The summed E-state index contributed by atoms with van der Waals surface area (Å²) in [5.41, 5.74) is 0. The Hall–Kier alpha value is -0.390. The maximum absolute atomic E-state index is 5.43. The molecule has 1 aliphatic rings. The molecule has 0 bridgehead atoms. The smallest absolute Gasteiger partial charge is 0.168 e. The Morgan fingerprint density at radius 2 is 2.11 bits per heavy atom. The van der Waals surface area contributed by atoms with Crippen LogP contribution in [-0.2, 0) is 4.74 Å². The van der Waals surface area contributed by atoms with E-state index in [1.54, 1.807) is 7.11 Å². The van der Waals surface area contributed by atoms with Crippen molar-refractivity contribution in [2.75, 3.05) is 46.9 Å². The number of thiocarbonyl (C=S) groups is 1. The number of hydrogen-bond acceptors (Lipinski definition) is 3. The van der Waals surface area contributed by atoms with Gasteiger partial charge in [-0.15, -0.1) is 0 Å². The number of methoxy groups -OCH3 is 1. The standard InChI is InChI=1S/C13H27N3OS/c1-4-16-9-6-12(7-10-16)15(2)13(18)14-8-5-11-17-3/h12H,4-11H2,1-3H3,(H,14,18). The Morgan fingerprint density at radius 1 is 1.44 bits per heavy atom. The first-order valence-corrected chi connectivity index (χ1v) is 7.31. The second-order valence-electron chi connectivity index (χ2n) is 4.85. The Bertz CT molecular complexity index is 242. The van der Waals surface area contributed by atoms with E-state index < -0.39 is 0 Å². The predicted octanol–water partition coefficient (Wildman–Crippen LogP) is 1.31. The molecule has 0 aromatic heterocycles. The molecule has 106 valence electrons. The Kier molecular flexibility index (Phi) is 7.54. The van der Waals surface area contributed by atoms with Crippen LogP contribution >= 0.6 is 12.2 Å². The number of likely N-dealkylation sites (tertiary alicyclic amines) is 1. The fourth-order valence-corrected chi connectivity index (χ4v) is 2.58. The van der Waals surface area contributed by atoms with E-state index >= 15 is 0 Å². The molecule has 4 nitrogen and oxygen atoms in total. The minimum absolute atomic E-state index is 0.593. The lowest BCUT2D eigenvalue weighted by Gasteiger charge is -2.37. The molecule has 1 saturated heterocycles. The zero-order chi connectivity index (χ0) is 13.4. The van der Waals surface area contributed by atoms with Crippen LogP contribution in [0.25, 0.3) is 0 Å². The molecule has 1 fully saturated rings. The lowest BCUT2D eigenvalue weighted by molar-refractivity contribution is 0.170. The molecule has 1 heterocycles. The van der Waals surface area contributed by atoms with Crippen LogP contribution in [0.3, 0.4) is 0 Å². The molecule has 0 atom stereocenters. The summed E-state index contributed by atoms with van der Waals surface area (Å²) in [7, 11) is 3.84. The predicted molar refractivity (Wildman–Crippen MR) is 80.0 cm³/mol. The van der Waals surface area contributed by atoms with Crippen LogP contribution in [0.15, 0.2) is 0 Å². The van der Waals surface area contributed by atoms with E-state index in [0.717, 1.165) is 31.2 Å². The van der Waals surface area contributed by atoms with Crippen LogP contribution in [0, 0.1) is 0 Å². The van der Waals surface area contributed by atoms with E-state index in [-0.39, 0.29) is 0 Å². The quantitative estimate of drug-likeness (QED) is 0.582. The summed E-state index contributed by atoms with van der Waals surface area (Å²) < 4.78 is 5.02. The van der Waals surface area contributed by atoms with Gasteiger partial charge in [-0.1, -0.05) is 6.92 Å². The Morgan fingerprint density at radius 3 is 2.67 bits per heavy atom. The third-order valence-electron chi connectivity index (χ3n) is 3.67. The van der Waals surface area contributed by atoms with Gasteiger partial charge in [-0.25, -0.2) is 0 Å². The summed E-state index contributed by atoms with van der Waals surface area (Å²) >= 11 is 5.43. The van der Waals surface area contributed by atoms with Gasteiger partial charge in [0.15, 0.2) is 5.11 Å². The molecule has 0 aromatic rings. The molecular formula is C13H27N3OS. The second-order valence-corrected chi connectivity index (χ2v) is 5.24. The third-order valence-corrected chi connectivity index (χ3v) is 4.11. The van der Waals surface area contributed by atoms with E-state index in [9.17, 15) is 0 Å². The van der Waals surface area contributed by atoms with E-state index in [1.165, 1.54) is 25.9 Å². The highest BCUT2D eigenvalue weighted by Gasteiger charge is 2.22. The minimum Gasteiger partial charge on any atom is -0.385 e. The van der Waals surface area contributed by atoms with E-state index in [4.69, 9.17) is 17.0 Å². The van der Waals surface area contributed by atoms with Crippen LogP contribution < -0.4 is 5.32 Å². The average molecular weight is 273 g/mol. The maximum atomic E-state index is 5.43. The molecule has 0 unspecified atom stereocenters. The molecule has 1 rings (SSSR count). The van der Waals surface area contributed by atoms with Crippen LogP contribution in [0.4, 0.5) is 0 Å². The Balaban J connectivity index is 2.22. The van der Waals surface area contributed by atoms with Gasteiger partial charge in [0.05, 0.1) is 0 Å². The van der Waals surface area contributed by atoms with Gasteiger partial charge >= 0.3 is 0 Å². The minimum atomic E-state index is 0.593. The normalized spacial score (nSPS) is 17.7. The van der Waals surface area contributed by atoms with E-state index in [1.807, 2.05) is 0 Å². The zero-order valence-corrected chi connectivity index (χ0v) is 12.8. The molecule has 0 aliphatic carbocycles. The molecule has 1 N–H and O–H groups in total. The van der Waals surface area contributed by atoms with Crippen molar-refractivity contribution in [3.8, 4) is 0 Å². The summed E-state index contributed by atoms with van der Waals surface area (Å²) in [6.45, 7) is 7.46. The van der Waals surface area contributed by atoms with Crippen LogP contribution in [0.2, 0.25) is 0 Å². The SMILES string of the molecule is CCN1CCC(N(C)C(=S)NCCCOC)CC1. The number of nitrogens with zero attached hydrogens (tertiary/aromatic N) is 2. The molecule has 0 saturated carbocycles. The summed E-state index contributed by atoms with van der Waals surface area (Å²) in [5.74, 6) is 0. The first kappa shape index (κ1) is 15.7. The highest BCUT2D eigenvalue weighted by molar-refractivity contribution is 7.80. The van der Waals surface area contributed by atoms with Crippen LogP contribution in [0.5, 0.6) is 0 Å². The lowest BCUT2D eigenvalue weighted by atomic mass is 10.0. The van der Waals surface area contributed by atoms with Crippen molar-refractivity contribution in [3.63, 3.8) is 0 Å². The second kappa shape index (κ2) is 8.67. The van der Waals surface area contributed by atoms with Gasteiger partial charge in [-0.2, -0.15) is 0 Å². The molecule has 0 radical (unpaired) electrons. The van der Waals surface area contributed by atoms with Gasteiger partial charge in [0.2, 0.25) is 0 Å². The van der Waals surface area contributed by atoms with Gasteiger partial charge in [-0.3, -0.25) is 0 Å². The fourth-order valence-electron chi connectivity index (χ4n) is 2.33. The summed E-state index contributed by atoms with van der Waals surface area (Å²) in [4.78, 5) is 4.73. The first-order chi connectivity index (χ1) is 8.69. The van der Waals surface area contributed by atoms with Gasteiger partial charge in [0.1, 0.15) is 0 Å². The molecule has 0 aromatic carbocycles. The van der Waals surface area contributed by atoms with Gasteiger partial charge < -0.3 is 19.9 Å². The largest absolute Gasteiger partial charge is 0.385 e. The van der Waals surface area contributed by atoms with Crippen molar-refractivity contribution >= 4 is 17.3 Å². The van der Waals surface area contributed by atoms with Crippen molar-refractivity contribution in [2.45, 2.75) is 32.2 Å². The summed E-state index contributed by atoms with van der Waals surface area (Å²) in [6.07, 6.45) is 3.42. The molecule has 5 heteroatoms. The monoisotopic (exact) mass is 273 g/mol. The van der Waals surface area contributed by atoms with Crippen molar-refractivity contribution in [3.05, 3.63) is 0 Å². The molecule has 0 amide bonds. The lowest BCUT2D eigenvalue weighted by Crippen LogP contribution is -2.48. The molecule has 0 spiro atoms. The number of ether oxygens (including phenoxy) is 1. The van der Waals surface area contributed by atoms with Crippen molar-refractivity contribution in [2.24, 2.45) is 0 Å². The average Bonchev–Trinajstić information content (AvgIpc) is 2.42. The summed E-state index contributed by atoms with van der Waals surface area (Å²) in [6, 6.07) is 0.593. The number of rotatable bonds is 6. The number of hydrogen-bond donors (Lipinski definition) is 1. The van der Waals surface area contributed by atoms with E-state index in [2.05, 4.69) is 29.1 Å². The molecule has 1 aliphatic heterocycles. The van der Waals surface area contributed by atoms with Gasteiger partial charge in [0.25, 0.3) is 0 Å². The van der Waals surface area contributed by atoms with Gasteiger partial charge in [-0.05, 0) is 38.0 Å². The maximum Gasteiger partial charge on any atom is 0.168 e. The summed E-state index contributed by atoms with van der Waals surface area (Å²) in [5, 5.41) is 4.18. The highest BCUT2D eigenvalue weighted by Crippen LogP contribution is 2.15. The third kappa shape index (κ3) is 5.08. The van der Waals surface area contributed by atoms with Crippen LogP contribution in [-0.4, -0.2) is 67.9 Å². The van der Waals surface area contributed by atoms with Gasteiger partial charge in [0, 0.05) is 46.4 Å². The molecular weight excluding hydrogens is 246 g/mol. The van der Waals surface area contributed by atoms with Crippen molar-refractivity contribution in [1.29, 1.82) is 0 Å². The topological polar surface area (TPSA) is 27.7 Å². The zero-order valence-electron chi connectivity index (χ0n) is 11.9. The van der Waals surface area contributed by atoms with E-state index in [0.29, 0.717) is 6.04 Å². The number of piperidine rings is 1.